The van der Waals surface area contributed by atoms with Crippen LogP contribution < -0.4 is 5.32 Å². The van der Waals surface area contributed by atoms with Gasteiger partial charge in [0.1, 0.15) is 0 Å². The summed E-state index contributed by atoms with van der Waals surface area (Å²) in [5.41, 5.74) is -0.255. The topological polar surface area (TPSA) is 87.5 Å². The van der Waals surface area contributed by atoms with Crippen molar-refractivity contribution in [2.75, 3.05) is 26.2 Å². The molecule has 2 fully saturated rings. The maximum Gasteiger partial charge on any atom is 0.227 e. The number of likely N-dealkylation sites (tertiary alicyclic amines) is 2. The molecule has 0 aromatic carbocycles. The fraction of sp³-hybridized carbons (Fsp3) is 0.714. The molecule has 0 bridgehead atoms. The number of carbonyl (C=O) groups is 3. The van der Waals surface area contributed by atoms with Gasteiger partial charge in [-0.3, -0.25) is 14.4 Å². The summed E-state index contributed by atoms with van der Waals surface area (Å²) in [6.07, 6.45) is 7.95. The molecule has 3 rings (SSSR count). The lowest BCUT2D eigenvalue weighted by atomic mass is 9.94. The number of imidazole rings is 1. The number of rotatable bonds is 6. The fourth-order valence-electron chi connectivity index (χ4n) is 4.18. The lowest BCUT2D eigenvalue weighted by Crippen LogP contribution is -2.46. The Bertz CT molecular complexity index is 717. The van der Waals surface area contributed by atoms with Gasteiger partial charge in [0.15, 0.2) is 0 Å². The van der Waals surface area contributed by atoms with Gasteiger partial charge >= 0.3 is 0 Å². The molecule has 1 atom stereocenters. The maximum atomic E-state index is 12.9. The molecule has 2 aliphatic rings. The van der Waals surface area contributed by atoms with Crippen molar-refractivity contribution in [3.05, 3.63) is 18.7 Å². The molecule has 29 heavy (non-hydrogen) atoms. The van der Waals surface area contributed by atoms with Crippen molar-refractivity contribution in [1.82, 2.24) is 24.7 Å². The highest BCUT2D eigenvalue weighted by molar-refractivity contribution is 5.90. The van der Waals surface area contributed by atoms with Crippen molar-refractivity contribution < 1.29 is 14.4 Å². The minimum Gasteiger partial charge on any atom is -0.356 e. The SMILES string of the molecule is CC(C)(C)N1CC(C(=O)N2CCC(C(=O)NCCCn3ccnc3)CC2)CC1=O. The number of piperidine rings is 1. The third-order valence-electron chi connectivity index (χ3n) is 5.91. The number of hydrogen-bond acceptors (Lipinski definition) is 4. The average Bonchev–Trinajstić information content (AvgIpc) is 3.34. The van der Waals surface area contributed by atoms with Crippen LogP contribution in [0.5, 0.6) is 0 Å². The molecule has 1 aromatic rings. The van der Waals surface area contributed by atoms with E-state index in [0.29, 0.717) is 45.4 Å². The summed E-state index contributed by atoms with van der Waals surface area (Å²) in [5, 5.41) is 3.01. The number of nitrogens with zero attached hydrogens (tertiary/aromatic N) is 4. The number of hydrogen-bond donors (Lipinski definition) is 1. The zero-order valence-electron chi connectivity index (χ0n) is 17.8. The van der Waals surface area contributed by atoms with Crippen LogP contribution in [0.25, 0.3) is 0 Å². The van der Waals surface area contributed by atoms with Crippen LogP contribution in [0.4, 0.5) is 0 Å². The van der Waals surface area contributed by atoms with Crippen LogP contribution in [0.3, 0.4) is 0 Å². The zero-order valence-corrected chi connectivity index (χ0v) is 17.8. The minimum atomic E-state index is -0.255. The van der Waals surface area contributed by atoms with Crippen LogP contribution in [0.2, 0.25) is 0 Å². The van der Waals surface area contributed by atoms with Crippen LogP contribution in [0.1, 0.15) is 46.5 Å². The van der Waals surface area contributed by atoms with E-state index in [0.717, 1.165) is 13.0 Å². The predicted molar refractivity (Wildman–Crippen MR) is 109 cm³/mol. The van der Waals surface area contributed by atoms with Crippen LogP contribution in [0, 0.1) is 11.8 Å². The van der Waals surface area contributed by atoms with Gasteiger partial charge < -0.3 is 19.7 Å². The summed E-state index contributed by atoms with van der Waals surface area (Å²) in [4.78, 5) is 45.2. The molecule has 1 N–H and O–H groups in total. The molecule has 0 spiro atoms. The van der Waals surface area contributed by atoms with Crippen molar-refractivity contribution in [3.8, 4) is 0 Å². The first-order chi connectivity index (χ1) is 13.8. The molecule has 3 amide bonds. The highest BCUT2D eigenvalue weighted by Gasteiger charge is 2.41. The number of carbonyl (C=O) groups excluding carboxylic acids is 3. The summed E-state index contributed by atoms with van der Waals surface area (Å²) in [6.45, 7) is 9.14. The Morgan fingerprint density at radius 1 is 1.21 bits per heavy atom. The standard InChI is InChI=1S/C21H33N5O3/c1-21(2,3)26-14-17(13-18(26)27)20(29)25-10-5-16(6-11-25)19(28)23-7-4-9-24-12-8-22-15-24/h8,12,15-17H,4-7,9-11,13-14H2,1-3H3,(H,23,28). The van der Waals surface area contributed by atoms with Gasteiger partial charge in [0.25, 0.3) is 0 Å². The van der Waals surface area contributed by atoms with E-state index in [1.54, 1.807) is 17.4 Å². The molecule has 1 aromatic heterocycles. The molecule has 8 nitrogen and oxygen atoms in total. The molecule has 3 heterocycles. The third kappa shape index (κ3) is 5.36. The van der Waals surface area contributed by atoms with Crippen molar-refractivity contribution in [2.45, 2.75) is 58.5 Å². The Labute approximate surface area is 172 Å². The summed E-state index contributed by atoms with van der Waals surface area (Å²) in [7, 11) is 0. The lowest BCUT2D eigenvalue weighted by Gasteiger charge is -2.34. The van der Waals surface area contributed by atoms with E-state index in [4.69, 9.17) is 0 Å². The molecule has 2 aliphatic heterocycles. The molecule has 0 saturated carbocycles. The first-order valence-corrected chi connectivity index (χ1v) is 10.6. The Hall–Kier alpha value is -2.38. The van der Waals surface area contributed by atoms with Crippen molar-refractivity contribution in [3.63, 3.8) is 0 Å². The van der Waals surface area contributed by atoms with Crippen molar-refractivity contribution in [1.29, 1.82) is 0 Å². The predicted octanol–water partition coefficient (Wildman–Crippen LogP) is 1.28. The van der Waals surface area contributed by atoms with Gasteiger partial charge in [-0.2, -0.15) is 0 Å². The summed E-state index contributed by atoms with van der Waals surface area (Å²) in [5.74, 6) is -0.0957. The molecule has 0 radical (unpaired) electrons. The van der Waals surface area contributed by atoms with Gasteiger partial charge in [0.05, 0.1) is 12.2 Å². The molecular weight excluding hydrogens is 370 g/mol. The minimum absolute atomic E-state index is 0.0384. The molecule has 2 saturated heterocycles. The lowest BCUT2D eigenvalue weighted by molar-refractivity contribution is -0.139. The van der Waals surface area contributed by atoms with E-state index in [-0.39, 0.29) is 35.1 Å². The van der Waals surface area contributed by atoms with E-state index in [9.17, 15) is 14.4 Å². The smallest absolute Gasteiger partial charge is 0.227 e. The van der Waals surface area contributed by atoms with E-state index in [1.165, 1.54) is 0 Å². The summed E-state index contributed by atoms with van der Waals surface area (Å²) in [6, 6.07) is 0. The summed E-state index contributed by atoms with van der Waals surface area (Å²) < 4.78 is 1.99. The van der Waals surface area contributed by atoms with E-state index >= 15 is 0 Å². The van der Waals surface area contributed by atoms with Gasteiger partial charge in [-0.05, 0) is 40.0 Å². The Balaban J connectivity index is 1.39. The van der Waals surface area contributed by atoms with Gasteiger partial charge in [0, 0.05) is 63.0 Å². The van der Waals surface area contributed by atoms with Crippen LogP contribution in [-0.4, -0.2) is 68.8 Å². The monoisotopic (exact) mass is 403 g/mol. The summed E-state index contributed by atoms with van der Waals surface area (Å²) >= 11 is 0. The molecule has 1 unspecified atom stereocenters. The normalized spacial score (nSPS) is 20.9. The highest BCUT2D eigenvalue weighted by Crippen LogP contribution is 2.28. The molecule has 0 aliphatic carbocycles. The van der Waals surface area contributed by atoms with E-state index in [2.05, 4.69) is 10.3 Å². The molecule has 160 valence electrons. The third-order valence-corrected chi connectivity index (χ3v) is 5.91. The van der Waals surface area contributed by atoms with Gasteiger partial charge in [-0.15, -0.1) is 0 Å². The number of amides is 3. The van der Waals surface area contributed by atoms with Crippen molar-refractivity contribution in [2.24, 2.45) is 11.8 Å². The van der Waals surface area contributed by atoms with Crippen LogP contribution in [0.15, 0.2) is 18.7 Å². The quantitative estimate of drug-likeness (QED) is 0.725. The fourth-order valence-corrected chi connectivity index (χ4v) is 4.18. The van der Waals surface area contributed by atoms with Gasteiger partial charge in [0.2, 0.25) is 17.7 Å². The van der Waals surface area contributed by atoms with Gasteiger partial charge in [-0.1, -0.05) is 0 Å². The number of aryl methyl sites for hydroxylation is 1. The largest absolute Gasteiger partial charge is 0.356 e. The van der Waals surface area contributed by atoms with E-state index < -0.39 is 0 Å². The van der Waals surface area contributed by atoms with Gasteiger partial charge in [-0.25, -0.2) is 4.98 Å². The van der Waals surface area contributed by atoms with Crippen LogP contribution >= 0.6 is 0 Å². The van der Waals surface area contributed by atoms with Crippen molar-refractivity contribution >= 4 is 17.7 Å². The molecule has 8 heteroatoms. The Kier molecular flexibility index (Phi) is 6.59. The first kappa shape index (κ1) is 21.3. The average molecular weight is 404 g/mol. The zero-order chi connectivity index (χ0) is 21.0. The van der Waals surface area contributed by atoms with Crippen LogP contribution in [-0.2, 0) is 20.9 Å². The Morgan fingerprint density at radius 3 is 2.52 bits per heavy atom. The Morgan fingerprint density at radius 2 is 1.93 bits per heavy atom. The first-order valence-electron chi connectivity index (χ1n) is 10.6. The second kappa shape index (κ2) is 8.97. The number of aromatic nitrogens is 2. The maximum absolute atomic E-state index is 12.9. The molecular formula is C21H33N5O3. The second-order valence-corrected chi connectivity index (χ2v) is 9.12. The number of nitrogens with one attached hydrogen (secondary N) is 1. The second-order valence-electron chi connectivity index (χ2n) is 9.12. The van der Waals surface area contributed by atoms with E-state index in [1.807, 2.05) is 36.4 Å². The highest BCUT2D eigenvalue weighted by atomic mass is 16.2.